The Hall–Kier alpha value is -1.48. The molecular weight excluding hydrogens is 322 g/mol. The third-order valence-electron chi connectivity index (χ3n) is 2.98. The van der Waals surface area contributed by atoms with Crippen LogP contribution in [0.1, 0.15) is 19.4 Å². The number of aromatic nitrogens is 1. The second-order valence-corrected chi connectivity index (χ2v) is 8.09. The van der Waals surface area contributed by atoms with E-state index in [-0.39, 0.29) is 10.9 Å². The van der Waals surface area contributed by atoms with Gasteiger partial charge in [-0.05, 0) is 31.5 Å². The fraction of sp³-hybridized carbons (Fsp3) is 0.357. The molecule has 0 aliphatic carbocycles. The lowest BCUT2D eigenvalue weighted by Gasteiger charge is -2.18. The van der Waals surface area contributed by atoms with E-state index < -0.39 is 15.6 Å². The highest BCUT2D eigenvalue weighted by atomic mass is 32.2. The fourth-order valence-electron chi connectivity index (χ4n) is 1.79. The average Bonchev–Trinajstić information content (AvgIpc) is 2.98. The summed E-state index contributed by atoms with van der Waals surface area (Å²) in [6.45, 7) is 4.16. The molecule has 0 unspecified atom stereocenters. The Morgan fingerprint density at radius 2 is 1.91 bits per heavy atom. The lowest BCUT2D eigenvalue weighted by molar-refractivity contribution is 0.0786. The summed E-state index contributed by atoms with van der Waals surface area (Å²) >= 11 is 1.08. The number of benzene rings is 1. The monoisotopic (exact) mass is 341 g/mol. The Morgan fingerprint density at radius 1 is 1.23 bits per heavy atom. The molecule has 0 bridgehead atoms. The quantitative estimate of drug-likeness (QED) is 0.668. The van der Waals surface area contributed by atoms with Crippen LogP contribution in [0, 0.1) is 0 Å². The highest BCUT2D eigenvalue weighted by Gasteiger charge is 2.16. The van der Waals surface area contributed by atoms with Gasteiger partial charge in [0.1, 0.15) is 0 Å². The second-order valence-electron chi connectivity index (χ2n) is 5.26. The molecule has 0 aliphatic rings. The minimum absolute atomic E-state index is 0.0713. The summed E-state index contributed by atoms with van der Waals surface area (Å²) in [7, 11) is -3.51. The van der Waals surface area contributed by atoms with Crippen molar-refractivity contribution in [3.63, 3.8) is 0 Å². The minimum Gasteiger partial charge on any atom is -0.386 e. The van der Waals surface area contributed by atoms with E-state index in [4.69, 9.17) is 0 Å². The smallest absolute Gasteiger partial charge is 0.267 e. The van der Waals surface area contributed by atoms with Crippen molar-refractivity contribution in [2.45, 2.75) is 23.8 Å². The standard InChI is InChI=1S/C14H19N3O3S2/c1-14(2,18)11-3-5-12(6-4-11)15-7-8-17-22(19,20)13-16-9-10-21-13/h3-6,9-10,15,17-18H,7-8H2,1-2H3. The van der Waals surface area contributed by atoms with Crippen molar-refractivity contribution < 1.29 is 13.5 Å². The van der Waals surface area contributed by atoms with E-state index in [9.17, 15) is 13.5 Å². The molecule has 2 rings (SSSR count). The van der Waals surface area contributed by atoms with E-state index in [1.807, 2.05) is 24.3 Å². The molecule has 6 nitrogen and oxygen atoms in total. The molecule has 0 fully saturated rings. The first kappa shape index (κ1) is 16.9. The molecule has 22 heavy (non-hydrogen) atoms. The maximum absolute atomic E-state index is 11.8. The molecule has 1 heterocycles. The van der Waals surface area contributed by atoms with Crippen LogP contribution in [-0.4, -0.2) is 31.6 Å². The van der Waals surface area contributed by atoms with E-state index in [0.29, 0.717) is 6.54 Å². The molecule has 0 atom stereocenters. The summed E-state index contributed by atoms with van der Waals surface area (Å²) < 4.78 is 26.2. The van der Waals surface area contributed by atoms with Gasteiger partial charge >= 0.3 is 0 Å². The second kappa shape index (κ2) is 6.74. The van der Waals surface area contributed by atoms with Crippen LogP contribution in [-0.2, 0) is 15.6 Å². The Kier molecular flexibility index (Phi) is 5.17. The van der Waals surface area contributed by atoms with Gasteiger partial charge in [-0.25, -0.2) is 18.1 Å². The Morgan fingerprint density at radius 3 is 2.45 bits per heavy atom. The van der Waals surface area contributed by atoms with E-state index in [1.54, 1.807) is 19.2 Å². The molecule has 0 saturated heterocycles. The first-order valence-electron chi connectivity index (χ1n) is 6.75. The molecule has 1 aromatic heterocycles. The van der Waals surface area contributed by atoms with Gasteiger partial charge in [-0.2, -0.15) is 0 Å². The van der Waals surface area contributed by atoms with Gasteiger partial charge in [-0.15, -0.1) is 11.3 Å². The lowest BCUT2D eigenvalue weighted by atomic mass is 9.98. The van der Waals surface area contributed by atoms with Crippen molar-refractivity contribution in [1.29, 1.82) is 0 Å². The number of thiazole rings is 1. The normalized spacial score (nSPS) is 12.3. The number of nitrogens with one attached hydrogen (secondary N) is 2. The number of nitrogens with zero attached hydrogens (tertiary/aromatic N) is 1. The van der Waals surface area contributed by atoms with E-state index in [1.165, 1.54) is 6.20 Å². The Labute approximate surface area is 134 Å². The number of hydrogen-bond acceptors (Lipinski definition) is 6. The third-order valence-corrected chi connectivity index (χ3v) is 5.64. The molecule has 3 N–H and O–H groups in total. The number of aliphatic hydroxyl groups is 1. The van der Waals surface area contributed by atoms with Crippen LogP contribution in [0.2, 0.25) is 0 Å². The van der Waals surface area contributed by atoms with Crippen molar-refractivity contribution in [3.05, 3.63) is 41.4 Å². The third kappa shape index (κ3) is 4.51. The van der Waals surface area contributed by atoms with Gasteiger partial charge in [0.05, 0.1) is 5.60 Å². The van der Waals surface area contributed by atoms with Gasteiger partial charge in [-0.1, -0.05) is 12.1 Å². The molecule has 0 aliphatic heterocycles. The van der Waals surface area contributed by atoms with E-state index >= 15 is 0 Å². The molecule has 0 saturated carbocycles. The van der Waals surface area contributed by atoms with Crippen LogP contribution in [0.5, 0.6) is 0 Å². The predicted octanol–water partition coefficient (Wildman–Crippen LogP) is 1.76. The lowest BCUT2D eigenvalue weighted by Crippen LogP contribution is -2.28. The van der Waals surface area contributed by atoms with Crippen molar-refractivity contribution in [2.75, 3.05) is 18.4 Å². The molecule has 1 aromatic carbocycles. The maximum Gasteiger partial charge on any atom is 0.267 e. The number of sulfonamides is 1. The molecule has 0 radical (unpaired) electrons. The Bertz CT molecular complexity index is 690. The van der Waals surface area contributed by atoms with Gasteiger partial charge < -0.3 is 10.4 Å². The summed E-state index contributed by atoms with van der Waals surface area (Å²) in [6.07, 6.45) is 1.46. The van der Waals surface area contributed by atoms with Crippen LogP contribution in [0.3, 0.4) is 0 Å². The number of rotatable bonds is 7. The van der Waals surface area contributed by atoms with Crippen molar-refractivity contribution in [3.8, 4) is 0 Å². The van der Waals surface area contributed by atoms with Gasteiger partial charge in [-0.3, -0.25) is 0 Å². The van der Waals surface area contributed by atoms with E-state index in [2.05, 4.69) is 15.0 Å². The predicted molar refractivity (Wildman–Crippen MR) is 87.5 cm³/mol. The van der Waals surface area contributed by atoms with Crippen LogP contribution < -0.4 is 10.0 Å². The molecule has 0 spiro atoms. The van der Waals surface area contributed by atoms with E-state index in [0.717, 1.165) is 22.6 Å². The summed E-state index contributed by atoms with van der Waals surface area (Å²) in [5.41, 5.74) is 0.811. The first-order chi connectivity index (χ1) is 10.3. The van der Waals surface area contributed by atoms with Gasteiger partial charge in [0, 0.05) is 30.4 Å². The topological polar surface area (TPSA) is 91.3 Å². The summed E-state index contributed by atoms with van der Waals surface area (Å²) in [4.78, 5) is 3.78. The van der Waals surface area contributed by atoms with Gasteiger partial charge in [0.25, 0.3) is 10.0 Å². The highest BCUT2D eigenvalue weighted by molar-refractivity contribution is 7.91. The molecule has 120 valence electrons. The first-order valence-corrected chi connectivity index (χ1v) is 9.11. The molecular formula is C14H19N3O3S2. The highest BCUT2D eigenvalue weighted by Crippen LogP contribution is 2.21. The van der Waals surface area contributed by atoms with Crippen LogP contribution >= 0.6 is 11.3 Å². The number of anilines is 1. The Balaban J connectivity index is 1.82. The SMILES string of the molecule is CC(C)(O)c1ccc(NCCNS(=O)(=O)c2nccs2)cc1. The van der Waals surface area contributed by atoms with Gasteiger partial charge in [0.15, 0.2) is 0 Å². The average molecular weight is 341 g/mol. The molecule has 8 heteroatoms. The zero-order valence-electron chi connectivity index (χ0n) is 12.4. The van der Waals surface area contributed by atoms with Crippen molar-refractivity contribution in [1.82, 2.24) is 9.71 Å². The summed E-state index contributed by atoms with van der Waals surface area (Å²) in [5, 5.41) is 14.6. The molecule has 2 aromatic rings. The van der Waals surface area contributed by atoms with Crippen LogP contribution in [0.15, 0.2) is 40.2 Å². The number of hydrogen-bond donors (Lipinski definition) is 3. The summed E-state index contributed by atoms with van der Waals surface area (Å²) in [6, 6.07) is 7.37. The zero-order valence-corrected chi connectivity index (χ0v) is 14.0. The van der Waals surface area contributed by atoms with Crippen LogP contribution in [0.25, 0.3) is 0 Å². The van der Waals surface area contributed by atoms with Gasteiger partial charge in [0.2, 0.25) is 4.34 Å². The largest absolute Gasteiger partial charge is 0.386 e. The zero-order chi connectivity index (χ0) is 16.2. The maximum atomic E-state index is 11.8. The van der Waals surface area contributed by atoms with Crippen molar-refractivity contribution in [2.24, 2.45) is 0 Å². The summed E-state index contributed by atoms with van der Waals surface area (Å²) in [5.74, 6) is 0. The van der Waals surface area contributed by atoms with Crippen molar-refractivity contribution >= 4 is 27.0 Å². The van der Waals surface area contributed by atoms with Crippen LogP contribution in [0.4, 0.5) is 5.69 Å². The molecule has 0 amide bonds. The minimum atomic E-state index is -3.51. The fourth-order valence-corrected chi connectivity index (χ4v) is 3.70.